The second-order valence-electron chi connectivity index (χ2n) is 7.59. The van der Waals surface area contributed by atoms with Crippen molar-refractivity contribution in [2.75, 3.05) is 5.32 Å². The highest BCUT2D eigenvalue weighted by molar-refractivity contribution is 6.03. The van der Waals surface area contributed by atoms with Gasteiger partial charge in [0.25, 0.3) is 0 Å². The Kier molecular flexibility index (Phi) is 4.11. The molecule has 0 saturated carbocycles. The maximum Gasteiger partial charge on any atom is 0.302 e. The maximum absolute atomic E-state index is 12.7. The number of rotatable bonds is 2. The molecule has 3 aliphatic rings. The van der Waals surface area contributed by atoms with Crippen LogP contribution in [0.5, 0.6) is 0 Å². The minimum Gasteiger partial charge on any atom is -0.423 e. The molecule has 0 spiro atoms. The summed E-state index contributed by atoms with van der Waals surface area (Å²) in [4.78, 5) is 22.0. The van der Waals surface area contributed by atoms with E-state index in [1.165, 1.54) is 5.57 Å². The van der Waals surface area contributed by atoms with E-state index in [4.69, 9.17) is 9.41 Å². The Bertz CT molecular complexity index is 1040. The fourth-order valence-electron chi connectivity index (χ4n) is 4.12. The van der Waals surface area contributed by atoms with E-state index in [2.05, 4.69) is 40.8 Å². The zero-order valence-corrected chi connectivity index (χ0v) is 15.7. The monoisotopic (exact) mass is 374 g/mol. The number of aliphatic imine (C=N–C) groups is 1. The van der Waals surface area contributed by atoms with Gasteiger partial charge in [-0.15, -0.1) is 0 Å². The van der Waals surface area contributed by atoms with Gasteiger partial charge in [0.15, 0.2) is 11.4 Å². The quantitative estimate of drug-likeness (QED) is 0.827. The molecule has 0 saturated heterocycles. The number of allylic oxidation sites excluding steroid dienone is 4. The first-order chi connectivity index (χ1) is 13.7. The van der Waals surface area contributed by atoms with Gasteiger partial charge in [0, 0.05) is 17.7 Å². The van der Waals surface area contributed by atoms with Crippen LogP contribution in [0.4, 0.5) is 6.01 Å². The molecule has 2 unspecified atom stereocenters. The van der Waals surface area contributed by atoms with Crippen LogP contribution >= 0.6 is 0 Å². The van der Waals surface area contributed by atoms with Crippen molar-refractivity contribution in [1.82, 2.24) is 10.3 Å². The number of para-hydroxylation sites is 2. The Hall–Kier alpha value is -3.15. The second-order valence-corrected chi connectivity index (χ2v) is 7.59. The number of benzene rings is 1. The summed E-state index contributed by atoms with van der Waals surface area (Å²) < 4.78 is 5.77. The van der Waals surface area contributed by atoms with Crippen LogP contribution in [0.15, 0.2) is 68.7 Å². The zero-order chi connectivity index (χ0) is 19.1. The maximum atomic E-state index is 12.7. The van der Waals surface area contributed by atoms with E-state index in [1.807, 2.05) is 24.3 Å². The van der Waals surface area contributed by atoms with Crippen LogP contribution in [-0.4, -0.2) is 22.8 Å². The molecule has 5 rings (SSSR count). The number of ketones is 1. The van der Waals surface area contributed by atoms with Gasteiger partial charge in [0.2, 0.25) is 5.96 Å². The van der Waals surface area contributed by atoms with Crippen molar-refractivity contribution in [3.8, 4) is 0 Å². The molecule has 28 heavy (non-hydrogen) atoms. The first-order valence-electron chi connectivity index (χ1n) is 9.78. The Morgan fingerprint density at radius 3 is 3.00 bits per heavy atom. The van der Waals surface area contributed by atoms with Crippen LogP contribution in [-0.2, 0) is 4.79 Å². The average Bonchev–Trinajstić information content (AvgIpc) is 3.10. The summed E-state index contributed by atoms with van der Waals surface area (Å²) in [5, 5.41) is 6.48. The number of carbonyl (C=O) groups is 1. The van der Waals surface area contributed by atoms with E-state index >= 15 is 0 Å². The summed E-state index contributed by atoms with van der Waals surface area (Å²) in [5.41, 5.74) is 4.48. The van der Waals surface area contributed by atoms with Gasteiger partial charge in [-0.05, 0) is 42.9 Å². The van der Waals surface area contributed by atoms with Gasteiger partial charge >= 0.3 is 6.01 Å². The number of oxazole rings is 1. The molecular weight excluding hydrogens is 352 g/mol. The lowest BCUT2D eigenvalue weighted by Gasteiger charge is -2.32. The third-order valence-corrected chi connectivity index (χ3v) is 5.44. The fourth-order valence-corrected chi connectivity index (χ4v) is 4.12. The van der Waals surface area contributed by atoms with Crippen molar-refractivity contribution in [3.05, 3.63) is 59.3 Å². The van der Waals surface area contributed by atoms with E-state index in [-0.39, 0.29) is 11.8 Å². The zero-order valence-electron chi connectivity index (χ0n) is 15.7. The molecule has 6 nitrogen and oxygen atoms in total. The minimum absolute atomic E-state index is 0.200. The number of carbonyl (C=O) groups excluding carboxylic acids is 1. The molecule has 1 aromatic heterocycles. The Labute approximate surface area is 163 Å². The van der Waals surface area contributed by atoms with Crippen molar-refractivity contribution in [2.24, 2.45) is 10.9 Å². The normalized spacial score (nSPS) is 24.5. The minimum atomic E-state index is -0.247. The lowest BCUT2D eigenvalue weighted by Crippen LogP contribution is -2.41. The summed E-state index contributed by atoms with van der Waals surface area (Å²) in [6.07, 6.45) is 9.58. The summed E-state index contributed by atoms with van der Waals surface area (Å²) in [6.45, 7) is 2.18. The number of Topliss-reactive ketones (excluding diaryl/α,β-unsaturated/α-hetero) is 1. The molecule has 2 atom stereocenters. The first-order valence-corrected chi connectivity index (χ1v) is 9.78. The molecule has 0 bridgehead atoms. The van der Waals surface area contributed by atoms with Crippen LogP contribution in [0, 0.1) is 5.92 Å². The average molecular weight is 374 g/mol. The van der Waals surface area contributed by atoms with Crippen molar-refractivity contribution in [3.63, 3.8) is 0 Å². The molecule has 0 fully saturated rings. The first kappa shape index (κ1) is 17.0. The predicted molar refractivity (Wildman–Crippen MR) is 109 cm³/mol. The van der Waals surface area contributed by atoms with Crippen molar-refractivity contribution in [2.45, 2.75) is 38.6 Å². The molecule has 2 aromatic rings. The van der Waals surface area contributed by atoms with Crippen LogP contribution < -0.4 is 10.6 Å². The van der Waals surface area contributed by atoms with Crippen LogP contribution in [0.25, 0.3) is 11.1 Å². The van der Waals surface area contributed by atoms with Gasteiger partial charge < -0.3 is 9.73 Å². The van der Waals surface area contributed by atoms with E-state index in [9.17, 15) is 4.79 Å². The van der Waals surface area contributed by atoms with E-state index < -0.39 is 0 Å². The summed E-state index contributed by atoms with van der Waals surface area (Å²) >= 11 is 0. The number of nitrogens with one attached hydrogen (secondary N) is 2. The highest BCUT2D eigenvalue weighted by atomic mass is 16.4. The number of nitrogens with zero attached hydrogens (tertiary/aromatic N) is 2. The molecular formula is C22H22N4O2. The van der Waals surface area contributed by atoms with E-state index in [1.54, 1.807) is 0 Å². The Morgan fingerprint density at radius 2 is 2.14 bits per heavy atom. The smallest absolute Gasteiger partial charge is 0.302 e. The number of guanidine groups is 1. The second kappa shape index (κ2) is 6.78. The van der Waals surface area contributed by atoms with Gasteiger partial charge in [-0.1, -0.05) is 37.3 Å². The SMILES string of the molecule is CC1C=CC=C(C2N=C(Nc3nc4ccccc4o3)NC3=C2C(=O)CCC3)C1. The molecule has 2 aliphatic carbocycles. The van der Waals surface area contributed by atoms with Gasteiger partial charge in [0.1, 0.15) is 11.6 Å². The number of anilines is 1. The molecule has 142 valence electrons. The van der Waals surface area contributed by atoms with Gasteiger partial charge in [-0.25, -0.2) is 4.99 Å². The van der Waals surface area contributed by atoms with Crippen LogP contribution in [0.2, 0.25) is 0 Å². The van der Waals surface area contributed by atoms with Gasteiger partial charge in [-0.2, -0.15) is 4.98 Å². The third kappa shape index (κ3) is 3.05. The molecule has 2 N–H and O–H groups in total. The topological polar surface area (TPSA) is 79.5 Å². The van der Waals surface area contributed by atoms with Gasteiger partial charge in [-0.3, -0.25) is 10.1 Å². The van der Waals surface area contributed by atoms with Crippen molar-refractivity contribution in [1.29, 1.82) is 0 Å². The van der Waals surface area contributed by atoms with Crippen LogP contribution in [0.1, 0.15) is 32.6 Å². The molecule has 0 amide bonds. The van der Waals surface area contributed by atoms with Crippen LogP contribution in [0.3, 0.4) is 0 Å². The molecule has 1 aromatic carbocycles. The number of aromatic nitrogens is 1. The number of hydrogen-bond donors (Lipinski definition) is 2. The molecule has 0 radical (unpaired) electrons. The lowest BCUT2D eigenvalue weighted by molar-refractivity contribution is -0.116. The molecule has 1 aliphatic heterocycles. The van der Waals surface area contributed by atoms with E-state index in [0.29, 0.717) is 24.3 Å². The van der Waals surface area contributed by atoms with E-state index in [0.717, 1.165) is 41.6 Å². The molecule has 2 heterocycles. The highest BCUT2D eigenvalue weighted by Gasteiger charge is 2.34. The largest absolute Gasteiger partial charge is 0.423 e. The number of hydrogen-bond acceptors (Lipinski definition) is 6. The van der Waals surface area contributed by atoms with Crippen molar-refractivity contribution >= 4 is 28.9 Å². The highest BCUT2D eigenvalue weighted by Crippen LogP contribution is 2.34. The fraction of sp³-hybridized carbons (Fsp3) is 0.318. The van der Waals surface area contributed by atoms with Crippen molar-refractivity contribution < 1.29 is 9.21 Å². The molecule has 6 heteroatoms. The number of fused-ring (bicyclic) bond motifs is 1. The third-order valence-electron chi connectivity index (χ3n) is 5.44. The van der Waals surface area contributed by atoms with Gasteiger partial charge in [0.05, 0.1) is 0 Å². The summed E-state index contributed by atoms with van der Waals surface area (Å²) in [5.74, 6) is 1.22. The lowest BCUT2D eigenvalue weighted by atomic mass is 9.82. The summed E-state index contributed by atoms with van der Waals surface area (Å²) in [7, 11) is 0. The summed E-state index contributed by atoms with van der Waals surface area (Å²) in [6, 6.07) is 7.78. The predicted octanol–water partition coefficient (Wildman–Crippen LogP) is 4.10. The Balaban J connectivity index is 1.50. The Morgan fingerprint density at radius 1 is 1.25 bits per heavy atom. The standard InChI is InChI=1S/C22H22N4O2/c1-13-6-4-7-14(12-13)20-19-16(9-5-10-17(19)27)23-21(25-20)26-22-24-15-8-2-3-11-18(15)28-22/h2-4,6-8,11,13,20H,5,9-10,12H2,1H3,(H2,23,24,25,26).